The molecule has 0 aliphatic rings. The molecule has 0 aromatic heterocycles. The summed E-state index contributed by atoms with van der Waals surface area (Å²) >= 11 is 0. The second-order valence-electron chi connectivity index (χ2n) is 3.91. The molecule has 0 fully saturated rings. The molecular formula is C11H10F6N2O. The van der Waals surface area contributed by atoms with Crippen LogP contribution in [0.3, 0.4) is 0 Å². The Bertz CT molecular complexity index is 442. The lowest BCUT2D eigenvalue weighted by molar-refractivity contribution is -0.381. The summed E-state index contributed by atoms with van der Waals surface area (Å²) in [6.07, 6.45) is -12.3. The number of carbonyl (C=O) groups excluding carboxylic acids is 1. The van der Waals surface area contributed by atoms with Gasteiger partial charge in [-0.1, -0.05) is 30.3 Å². The largest absolute Gasteiger partial charge is 0.467 e. The van der Waals surface area contributed by atoms with E-state index in [4.69, 9.17) is 5.73 Å². The topological polar surface area (TPSA) is 46.3 Å². The predicted molar refractivity (Wildman–Crippen MR) is 57.1 cm³/mol. The molecule has 1 amide bonds. The van der Waals surface area contributed by atoms with Crippen LogP contribution in [0.2, 0.25) is 0 Å². The Balaban J connectivity index is 3.13. The number of rotatable bonds is 4. The Morgan fingerprint density at radius 1 is 1.05 bits per heavy atom. The van der Waals surface area contributed by atoms with E-state index in [2.05, 4.69) is 0 Å². The number of nitrogens with two attached hydrogens (primary N) is 1. The number of nitrogens with zero attached hydrogens (tertiary/aromatic N) is 1. The highest BCUT2D eigenvalue weighted by Gasteiger charge is 2.58. The maximum atomic E-state index is 12.5. The van der Waals surface area contributed by atoms with Crippen molar-refractivity contribution in [2.45, 2.75) is 25.1 Å². The summed E-state index contributed by atoms with van der Waals surface area (Å²) in [6, 6.07) is 4.45. The van der Waals surface area contributed by atoms with Gasteiger partial charge in [-0.25, -0.2) is 0 Å². The zero-order chi connectivity index (χ0) is 15.6. The standard InChI is InChI=1S/C11H10F6N2O/c12-10(13,14)19(11(15,16)17)8(9(18)20)6-7-4-2-1-3-5-7/h1-5,8H,6H2,(H2,18,20)/t8-/m0/s1. The molecular weight excluding hydrogens is 290 g/mol. The maximum absolute atomic E-state index is 12.5. The lowest BCUT2D eigenvalue weighted by atomic mass is 10.0. The molecule has 1 atom stereocenters. The minimum absolute atomic E-state index is 0.134. The van der Waals surface area contributed by atoms with E-state index >= 15 is 0 Å². The number of primary amides is 1. The smallest absolute Gasteiger partial charge is 0.368 e. The number of alkyl halides is 6. The Morgan fingerprint density at radius 3 is 1.85 bits per heavy atom. The van der Waals surface area contributed by atoms with Gasteiger partial charge in [0.2, 0.25) is 5.91 Å². The van der Waals surface area contributed by atoms with Crippen LogP contribution in [0.1, 0.15) is 5.56 Å². The second kappa shape index (κ2) is 5.70. The third-order valence-corrected chi connectivity index (χ3v) is 2.46. The van der Waals surface area contributed by atoms with Gasteiger partial charge in [-0.05, 0) is 12.0 Å². The van der Waals surface area contributed by atoms with Gasteiger partial charge in [-0.15, -0.1) is 4.90 Å². The van der Waals surface area contributed by atoms with Crippen molar-refractivity contribution in [1.82, 2.24) is 4.90 Å². The van der Waals surface area contributed by atoms with Gasteiger partial charge in [0.25, 0.3) is 0 Å². The lowest BCUT2D eigenvalue weighted by Gasteiger charge is -2.32. The zero-order valence-electron chi connectivity index (χ0n) is 9.87. The molecule has 0 bridgehead atoms. The van der Waals surface area contributed by atoms with Crippen molar-refractivity contribution in [1.29, 1.82) is 0 Å². The molecule has 1 aromatic rings. The summed E-state index contributed by atoms with van der Waals surface area (Å²) in [5.74, 6) is -1.71. The highest BCUT2D eigenvalue weighted by atomic mass is 19.4. The Labute approximate surface area is 110 Å². The molecule has 20 heavy (non-hydrogen) atoms. The van der Waals surface area contributed by atoms with Crippen LogP contribution in [-0.4, -0.2) is 29.4 Å². The zero-order valence-corrected chi connectivity index (χ0v) is 9.87. The molecule has 0 aliphatic carbocycles. The van der Waals surface area contributed by atoms with E-state index in [9.17, 15) is 31.1 Å². The van der Waals surface area contributed by atoms with Gasteiger partial charge in [-0.3, -0.25) is 4.79 Å². The number of carbonyl (C=O) groups is 1. The van der Waals surface area contributed by atoms with Crippen LogP contribution in [0.4, 0.5) is 26.3 Å². The fourth-order valence-electron chi connectivity index (χ4n) is 1.65. The molecule has 2 N–H and O–H groups in total. The van der Waals surface area contributed by atoms with Crippen molar-refractivity contribution in [2.75, 3.05) is 0 Å². The van der Waals surface area contributed by atoms with Crippen molar-refractivity contribution in [3.63, 3.8) is 0 Å². The van der Waals surface area contributed by atoms with E-state index < -0.39 is 35.9 Å². The summed E-state index contributed by atoms with van der Waals surface area (Å²) in [4.78, 5) is 9.24. The fourth-order valence-corrected chi connectivity index (χ4v) is 1.65. The Kier molecular flexibility index (Phi) is 4.64. The maximum Gasteiger partial charge on any atom is 0.467 e. The number of halogens is 6. The minimum Gasteiger partial charge on any atom is -0.368 e. The van der Waals surface area contributed by atoms with Crippen molar-refractivity contribution in [3.8, 4) is 0 Å². The highest BCUT2D eigenvalue weighted by molar-refractivity contribution is 5.80. The van der Waals surface area contributed by atoms with Gasteiger partial charge in [0.1, 0.15) is 6.04 Å². The number of amides is 1. The normalized spacial score (nSPS) is 14.3. The molecule has 0 saturated carbocycles. The molecule has 9 heteroatoms. The average Bonchev–Trinajstić information content (AvgIpc) is 2.25. The van der Waals surface area contributed by atoms with Crippen LogP contribution in [0.25, 0.3) is 0 Å². The first-order chi connectivity index (χ1) is 9.03. The van der Waals surface area contributed by atoms with E-state index in [-0.39, 0.29) is 5.56 Å². The second-order valence-corrected chi connectivity index (χ2v) is 3.91. The molecule has 0 unspecified atom stereocenters. The predicted octanol–water partition coefficient (Wildman–Crippen LogP) is 2.42. The molecule has 0 spiro atoms. The van der Waals surface area contributed by atoms with Crippen molar-refractivity contribution in [2.24, 2.45) is 5.73 Å². The molecule has 3 nitrogen and oxygen atoms in total. The molecule has 1 rings (SSSR count). The van der Waals surface area contributed by atoms with Crippen molar-refractivity contribution in [3.05, 3.63) is 35.9 Å². The van der Waals surface area contributed by atoms with E-state index in [1.54, 1.807) is 0 Å². The first-order valence-electron chi connectivity index (χ1n) is 5.29. The SMILES string of the molecule is NC(=O)[C@H](Cc1ccccc1)N(C(F)(F)F)C(F)(F)F. The van der Waals surface area contributed by atoms with Gasteiger partial charge < -0.3 is 5.73 Å². The van der Waals surface area contributed by atoms with Gasteiger partial charge in [-0.2, -0.15) is 26.3 Å². The molecule has 1 aromatic carbocycles. The number of benzene rings is 1. The van der Waals surface area contributed by atoms with Crippen molar-refractivity contribution >= 4 is 5.91 Å². The van der Waals surface area contributed by atoms with Crippen LogP contribution >= 0.6 is 0 Å². The quantitative estimate of drug-likeness (QED) is 0.685. The van der Waals surface area contributed by atoms with Crippen LogP contribution in [0, 0.1) is 0 Å². The van der Waals surface area contributed by atoms with Crippen LogP contribution in [0.5, 0.6) is 0 Å². The van der Waals surface area contributed by atoms with Gasteiger partial charge in [0.05, 0.1) is 0 Å². The average molecular weight is 300 g/mol. The monoisotopic (exact) mass is 300 g/mol. The Hall–Kier alpha value is -1.77. The van der Waals surface area contributed by atoms with E-state index in [0.717, 1.165) is 0 Å². The van der Waals surface area contributed by atoms with Crippen LogP contribution in [-0.2, 0) is 11.2 Å². The fraction of sp³-hybridized carbons (Fsp3) is 0.364. The number of hydrogen-bond acceptors (Lipinski definition) is 2. The Morgan fingerprint density at radius 2 is 1.50 bits per heavy atom. The third-order valence-electron chi connectivity index (χ3n) is 2.46. The van der Waals surface area contributed by atoms with Crippen molar-refractivity contribution < 1.29 is 31.1 Å². The molecule has 0 aliphatic heterocycles. The molecule has 0 heterocycles. The van der Waals surface area contributed by atoms with Gasteiger partial charge >= 0.3 is 12.6 Å². The van der Waals surface area contributed by atoms with Crippen LogP contribution in [0.15, 0.2) is 30.3 Å². The first kappa shape index (κ1) is 16.3. The van der Waals surface area contributed by atoms with E-state index in [1.165, 1.54) is 30.3 Å². The van der Waals surface area contributed by atoms with E-state index in [1.807, 2.05) is 0 Å². The molecule has 112 valence electrons. The van der Waals surface area contributed by atoms with Crippen LogP contribution < -0.4 is 5.73 Å². The van der Waals surface area contributed by atoms with Gasteiger partial charge in [0, 0.05) is 0 Å². The summed E-state index contributed by atoms with van der Waals surface area (Å²) < 4.78 is 75.2. The summed E-state index contributed by atoms with van der Waals surface area (Å²) in [5.41, 5.74) is 4.83. The van der Waals surface area contributed by atoms with E-state index in [0.29, 0.717) is 0 Å². The summed E-state index contributed by atoms with van der Waals surface area (Å²) in [7, 11) is 0. The minimum atomic E-state index is -5.76. The number of hydrogen-bond donors (Lipinski definition) is 1. The summed E-state index contributed by atoms with van der Waals surface area (Å²) in [5, 5.41) is 0. The lowest BCUT2D eigenvalue weighted by Crippen LogP contribution is -2.58. The molecule has 0 saturated heterocycles. The first-order valence-corrected chi connectivity index (χ1v) is 5.29. The van der Waals surface area contributed by atoms with Gasteiger partial charge in [0.15, 0.2) is 0 Å². The summed E-state index contributed by atoms with van der Waals surface area (Å²) in [6.45, 7) is 0. The third kappa shape index (κ3) is 4.12. The highest BCUT2D eigenvalue weighted by Crippen LogP contribution is 2.36. The molecule has 0 radical (unpaired) electrons.